The lowest BCUT2D eigenvalue weighted by molar-refractivity contribution is 0.0200. The van der Waals surface area contributed by atoms with Crippen LogP contribution in [0.1, 0.15) is 19.3 Å². The van der Waals surface area contributed by atoms with Gasteiger partial charge in [0.25, 0.3) is 0 Å². The summed E-state index contributed by atoms with van der Waals surface area (Å²) in [6, 6.07) is 0. The predicted octanol–water partition coefficient (Wildman–Crippen LogP) is 1.03. The molecule has 0 radical (unpaired) electrons. The summed E-state index contributed by atoms with van der Waals surface area (Å²) in [6.07, 6.45) is 5.81. The molecule has 9 heteroatoms. The van der Waals surface area contributed by atoms with Crippen molar-refractivity contribution in [2.24, 2.45) is 0 Å². The van der Waals surface area contributed by atoms with Crippen LogP contribution in [-0.2, 0) is 14.8 Å². The van der Waals surface area contributed by atoms with Crippen molar-refractivity contribution in [1.29, 1.82) is 0 Å². The standard InChI is InChI=1S/C12H19ClN4O3S/c13-11-8-14-9-16-12(11)15-4-6-21(18,19)17-7-10-3-1-2-5-20-10/h8-10,17H,1-7H2,(H,14,15,16). The van der Waals surface area contributed by atoms with Gasteiger partial charge in [-0.3, -0.25) is 0 Å². The molecule has 1 aromatic rings. The van der Waals surface area contributed by atoms with Gasteiger partial charge in [-0.1, -0.05) is 11.6 Å². The summed E-state index contributed by atoms with van der Waals surface area (Å²) >= 11 is 5.87. The molecule has 0 amide bonds. The Morgan fingerprint density at radius 1 is 1.43 bits per heavy atom. The largest absolute Gasteiger partial charge is 0.377 e. The Morgan fingerprint density at radius 2 is 2.29 bits per heavy atom. The van der Waals surface area contributed by atoms with Crippen molar-refractivity contribution in [3.8, 4) is 0 Å². The minimum Gasteiger partial charge on any atom is -0.377 e. The average molecular weight is 335 g/mol. The molecule has 1 aliphatic heterocycles. The van der Waals surface area contributed by atoms with Crippen molar-refractivity contribution in [2.45, 2.75) is 25.4 Å². The molecule has 1 fully saturated rings. The smallest absolute Gasteiger partial charge is 0.213 e. The van der Waals surface area contributed by atoms with E-state index in [0.717, 1.165) is 19.3 Å². The van der Waals surface area contributed by atoms with E-state index in [-0.39, 0.29) is 18.4 Å². The molecule has 0 aliphatic carbocycles. The monoisotopic (exact) mass is 334 g/mol. The van der Waals surface area contributed by atoms with Crippen molar-refractivity contribution in [3.63, 3.8) is 0 Å². The molecule has 1 aliphatic rings. The molecule has 0 saturated carbocycles. The second-order valence-electron chi connectivity index (χ2n) is 4.80. The number of nitrogens with one attached hydrogen (secondary N) is 2. The van der Waals surface area contributed by atoms with E-state index < -0.39 is 10.0 Å². The van der Waals surface area contributed by atoms with E-state index in [0.29, 0.717) is 24.0 Å². The first-order valence-corrected chi connectivity index (χ1v) is 8.88. The molecule has 118 valence electrons. The molecular formula is C12H19ClN4O3S. The lowest BCUT2D eigenvalue weighted by Crippen LogP contribution is -2.37. The molecule has 2 rings (SSSR count). The third-order valence-corrected chi connectivity index (χ3v) is 4.76. The van der Waals surface area contributed by atoms with E-state index in [2.05, 4.69) is 20.0 Å². The molecule has 0 bridgehead atoms. The first-order chi connectivity index (χ1) is 10.1. The number of halogens is 1. The van der Waals surface area contributed by atoms with Crippen molar-refractivity contribution in [3.05, 3.63) is 17.5 Å². The van der Waals surface area contributed by atoms with Crippen LogP contribution in [0.3, 0.4) is 0 Å². The van der Waals surface area contributed by atoms with E-state index in [4.69, 9.17) is 16.3 Å². The number of ether oxygens (including phenoxy) is 1. The summed E-state index contributed by atoms with van der Waals surface area (Å²) in [5.41, 5.74) is 0. The molecule has 21 heavy (non-hydrogen) atoms. The Morgan fingerprint density at radius 3 is 3.00 bits per heavy atom. The van der Waals surface area contributed by atoms with E-state index in [1.54, 1.807) is 0 Å². The van der Waals surface area contributed by atoms with Gasteiger partial charge in [0.05, 0.1) is 18.1 Å². The molecule has 1 saturated heterocycles. The minimum absolute atomic E-state index is 0.0159. The van der Waals surface area contributed by atoms with Gasteiger partial charge in [-0.15, -0.1) is 0 Å². The van der Waals surface area contributed by atoms with E-state index in [1.165, 1.54) is 12.5 Å². The third kappa shape index (κ3) is 5.74. The third-order valence-electron chi connectivity index (χ3n) is 3.14. The fourth-order valence-corrected chi connectivity index (χ4v) is 3.13. The van der Waals surface area contributed by atoms with Crippen LogP contribution >= 0.6 is 11.6 Å². The molecule has 0 spiro atoms. The van der Waals surface area contributed by atoms with Gasteiger partial charge in [0.2, 0.25) is 10.0 Å². The first kappa shape index (κ1) is 16.4. The van der Waals surface area contributed by atoms with Gasteiger partial charge in [-0.05, 0) is 19.3 Å². The second kappa shape index (κ2) is 7.88. The summed E-state index contributed by atoms with van der Waals surface area (Å²) < 4.78 is 31.8. The SMILES string of the molecule is O=S(=O)(CCNc1ncncc1Cl)NCC1CCCCO1. The van der Waals surface area contributed by atoms with Crippen LogP contribution in [0, 0.1) is 0 Å². The van der Waals surface area contributed by atoms with Crippen molar-refractivity contribution < 1.29 is 13.2 Å². The number of nitrogens with zero attached hydrogens (tertiary/aromatic N) is 2. The molecular weight excluding hydrogens is 316 g/mol. The van der Waals surface area contributed by atoms with Crippen molar-refractivity contribution in [1.82, 2.24) is 14.7 Å². The highest BCUT2D eigenvalue weighted by molar-refractivity contribution is 7.89. The highest BCUT2D eigenvalue weighted by atomic mass is 35.5. The maximum Gasteiger partial charge on any atom is 0.213 e. The molecule has 1 atom stereocenters. The second-order valence-corrected chi connectivity index (χ2v) is 7.14. The van der Waals surface area contributed by atoms with Crippen LogP contribution in [0.2, 0.25) is 5.02 Å². The summed E-state index contributed by atoms with van der Waals surface area (Å²) in [6.45, 7) is 1.26. The lowest BCUT2D eigenvalue weighted by Gasteiger charge is -2.22. The van der Waals surface area contributed by atoms with E-state index >= 15 is 0 Å². The lowest BCUT2D eigenvalue weighted by atomic mass is 10.1. The van der Waals surface area contributed by atoms with Gasteiger partial charge in [0, 0.05) is 19.7 Å². The van der Waals surface area contributed by atoms with Gasteiger partial charge < -0.3 is 10.1 Å². The summed E-state index contributed by atoms with van der Waals surface area (Å²) in [4.78, 5) is 7.68. The number of hydrogen-bond acceptors (Lipinski definition) is 6. The van der Waals surface area contributed by atoms with Gasteiger partial charge in [0.1, 0.15) is 17.2 Å². The molecule has 1 aromatic heterocycles. The van der Waals surface area contributed by atoms with Crippen LogP contribution in [0.5, 0.6) is 0 Å². The van der Waals surface area contributed by atoms with Gasteiger partial charge in [-0.25, -0.2) is 23.1 Å². The maximum absolute atomic E-state index is 11.9. The minimum atomic E-state index is -3.34. The van der Waals surface area contributed by atoms with Crippen LogP contribution in [0.25, 0.3) is 0 Å². The van der Waals surface area contributed by atoms with E-state index in [9.17, 15) is 8.42 Å². The Labute approximate surface area is 129 Å². The predicted molar refractivity (Wildman–Crippen MR) is 80.9 cm³/mol. The molecule has 1 unspecified atom stereocenters. The number of hydrogen-bond donors (Lipinski definition) is 2. The number of anilines is 1. The van der Waals surface area contributed by atoms with Crippen molar-refractivity contribution in [2.75, 3.05) is 30.8 Å². The molecule has 2 N–H and O–H groups in total. The fourth-order valence-electron chi connectivity index (χ4n) is 2.01. The van der Waals surface area contributed by atoms with E-state index in [1.807, 2.05) is 0 Å². The molecule has 2 heterocycles. The number of rotatable bonds is 7. The average Bonchev–Trinajstić information content (AvgIpc) is 2.48. The number of sulfonamides is 1. The molecule has 0 aromatic carbocycles. The Kier molecular flexibility index (Phi) is 6.16. The highest BCUT2D eigenvalue weighted by Crippen LogP contribution is 2.15. The summed E-state index contributed by atoms with van der Waals surface area (Å²) in [7, 11) is -3.34. The van der Waals surface area contributed by atoms with Gasteiger partial charge >= 0.3 is 0 Å². The first-order valence-electron chi connectivity index (χ1n) is 6.85. The van der Waals surface area contributed by atoms with Gasteiger partial charge in [-0.2, -0.15) is 0 Å². The van der Waals surface area contributed by atoms with Gasteiger partial charge in [0.15, 0.2) is 0 Å². The topological polar surface area (TPSA) is 93.2 Å². The quantitative estimate of drug-likeness (QED) is 0.773. The Bertz CT molecular complexity index is 549. The van der Waals surface area contributed by atoms with Crippen molar-refractivity contribution >= 4 is 27.4 Å². The van der Waals surface area contributed by atoms with Crippen LogP contribution < -0.4 is 10.0 Å². The highest BCUT2D eigenvalue weighted by Gasteiger charge is 2.17. The Hall–Kier alpha value is -0.960. The zero-order chi connectivity index (χ0) is 15.1. The normalized spacial score (nSPS) is 19.4. The number of aromatic nitrogens is 2. The zero-order valence-electron chi connectivity index (χ0n) is 11.6. The fraction of sp³-hybridized carbons (Fsp3) is 0.667. The summed E-state index contributed by atoms with van der Waals surface area (Å²) in [5, 5.41) is 3.23. The Balaban J connectivity index is 1.72. The maximum atomic E-state index is 11.9. The summed E-state index contributed by atoms with van der Waals surface area (Å²) in [5.74, 6) is 0.373. The van der Waals surface area contributed by atoms with Crippen LogP contribution in [-0.4, -0.2) is 49.9 Å². The zero-order valence-corrected chi connectivity index (χ0v) is 13.2. The van der Waals surface area contributed by atoms with Crippen LogP contribution in [0.4, 0.5) is 5.82 Å². The molecule has 7 nitrogen and oxygen atoms in total. The van der Waals surface area contributed by atoms with Crippen LogP contribution in [0.15, 0.2) is 12.5 Å².